The summed E-state index contributed by atoms with van der Waals surface area (Å²) < 4.78 is 5.74. The number of thioether (sulfide) groups is 1. The molecule has 0 heterocycles. The highest BCUT2D eigenvalue weighted by molar-refractivity contribution is 7.97. The summed E-state index contributed by atoms with van der Waals surface area (Å²) in [7, 11) is 0. The third kappa shape index (κ3) is 6.95. The van der Waals surface area contributed by atoms with Gasteiger partial charge in [0, 0.05) is 5.75 Å². The van der Waals surface area contributed by atoms with E-state index in [9.17, 15) is 0 Å². The number of unbranched alkanes of at least 4 members (excludes halogenated alkanes) is 5. The van der Waals surface area contributed by atoms with Crippen LogP contribution in [-0.4, -0.2) is 12.9 Å². The molecule has 0 saturated carbocycles. The van der Waals surface area contributed by atoms with Crippen LogP contribution in [0.2, 0.25) is 0 Å². The summed E-state index contributed by atoms with van der Waals surface area (Å²) in [6.45, 7) is 3.11. The van der Waals surface area contributed by atoms with Crippen molar-refractivity contribution in [3.8, 4) is 5.75 Å². The van der Waals surface area contributed by atoms with Crippen LogP contribution in [0.3, 0.4) is 0 Å². The van der Waals surface area contributed by atoms with Gasteiger partial charge in [-0.05, 0) is 30.4 Å². The van der Waals surface area contributed by atoms with Gasteiger partial charge >= 0.3 is 0 Å². The van der Waals surface area contributed by atoms with Gasteiger partial charge in [0.25, 0.3) is 0 Å². The normalized spacial score (nSPS) is 10.6. The van der Waals surface area contributed by atoms with E-state index in [1.165, 1.54) is 44.1 Å². The Morgan fingerprint density at radius 3 is 2.28 bits per heavy atom. The molecule has 0 saturated heterocycles. The van der Waals surface area contributed by atoms with E-state index in [0.29, 0.717) is 0 Å². The molecule has 0 amide bonds. The first-order chi connectivity index (χ1) is 8.86. The van der Waals surface area contributed by atoms with Crippen molar-refractivity contribution in [1.82, 2.24) is 0 Å². The van der Waals surface area contributed by atoms with Gasteiger partial charge in [0.05, 0.1) is 6.61 Å². The SMILES string of the molecule is CCCCCCCCOc1ccc(CSC)cc1. The minimum atomic E-state index is 0.855. The third-order valence-corrected chi connectivity index (χ3v) is 3.62. The molecular weight excluding hydrogens is 240 g/mol. The van der Waals surface area contributed by atoms with E-state index in [-0.39, 0.29) is 0 Å². The fourth-order valence-electron chi connectivity index (χ4n) is 1.92. The lowest BCUT2D eigenvalue weighted by Crippen LogP contribution is -1.97. The van der Waals surface area contributed by atoms with Crippen molar-refractivity contribution in [2.24, 2.45) is 0 Å². The predicted octanol–water partition coefficient (Wildman–Crippen LogP) is 5.29. The molecule has 0 spiro atoms. The number of benzene rings is 1. The molecule has 0 radical (unpaired) electrons. The molecule has 0 unspecified atom stereocenters. The van der Waals surface area contributed by atoms with E-state index in [0.717, 1.165) is 18.1 Å². The first kappa shape index (κ1) is 15.4. The zero-order valence-electron chi connectivity index (χ0n) is 11.8. The fourth-order valence-corrected chi connectivity index (χ4v) is 2.45. The second-order valence-electron chi connectivity index (χ2n) is 4.69. The highest BCUT2D eigenvalue weighted by atomic mass is 32.2. The topological polar surface area (TPSA) is 9.23 Å². The maximum atomic E-state index is 5.74. The van der Waals surface area contributed by atoms with Crippen LogP contribution in [0.5, 0.6) is 5.75 Å². The molecule has 2 heteroatoms. The lowest BCUT2D eigenvalue weighted by atomic mass is 10.1. The van der Waals surface area contributed by atoms with Gasteiger partial charge in [0.2, 0.25) is 0 Å². The van der Waals surface area contributed by atoms with Gasteiger partial charge in [-0.3, -0.25) is 0 Å². The van der Waals surface area contributed by atoms with Crippen molar-refractivity contribution in [3.63, 3.8) is 0 Å². The fraction of sp³-hybridized carbons (Fsp3) is 0.625. The molecule has 0 fully saturated rings. The minimum absolute atomic E-state index is 0.855. The summed E-state index contributed by atoms with van der Waals surface area (Å²) in [4.78, 5) is 0. The van der Waals surface area contributed by atoms with E-state index in [1.54, 1.807) is 0 Å². The maximum Gasteiger partial charge on any atom is 0.119 e. The quantitative estimate of drug-likeness (QED) is 0.532. The molecule has 0 aromatic heterocycles. The molecule has 0 N–H and O–H groups in total. The lowest BCUT2D eigenvalue weighted by molar-refractivity contribution is 0.304. The molecule has 0 atom stereocenters. The molecule has 0 aliphatic heterocycles. The van der Waals surface area contributed by atoms with Crippen LogP contribution in [0.15, 0.2) is 24.3 Å². The summed E-state index contributed by atoms with van der Waals surface area (Å²) in [6.07, 6.45) is 10.0. The zero-order chi connectivity index (χ0) is 13.1. The van der Waals surface area contributed by atoms with Crippen LogP contribution >= 0.6 is 11.8 Å². The van der Waals surface area contributed by atoms with E-state index in [1.807, 2.05) is 11.8 Å². The van der Waals surface area contributed by atoms with Crippen LogP contribution in [0.25, 0.3) is 0 Å². The van der Waals surface area contributed by atoms with Gasteiger partial charge < -0.3 is 4.74 Å². The molecule has 18 heavy (non-hydrogen) atoms. The summed E-state index contributed by atoms with van der Waals surface area (Å²) in [5.41, 5.74) is 1.37. The first-order valence-electron chi connectivity index (χ1n) is 7.07. The number of hydrogen-bond donors (Lipinski definition) is 0. The van der Waals surface area contributed by atoms with E-state index < -0.39 is 0 Å². The van der Waals surface area contributed by atoms with Crippen molar-refractivity contribution in [2.45, 2.75) is 51.2 Å². The van der Waals surface area contributed by atoms with Crippen molar-refractivity contribution >= 4 is 11.8 Å². The molecule has 0 aliphatic rings. The molecule has 0 bridgehead atoms. The largest absolute Gasteiger partial charge is 0.494 e. The highest BCUT2D eigenvalue weighted by Gasteiger charge is 1.95. The van der Waals surface area contributed by atoms with Crippen LogP contribution < -0.4 is 4.74 Å². The van der Waals surface area contributed by atoms with Gasteiger partial charge in [-0.15, -0.1) is 0 Å². The smallest absolute Gasteiger partial charge is 0.119 e. The van der Waals surface area contributed by atoms with Crippen molar-refractivity contribution in [3.05, 3.63) is 29.8 Å². The molecule has 0 aliphatic carbocycles. The average Bonchev–Trinajstić information content (AvgIpc) is 2.40. The second kappa shape index (κ2) is 10.3. The lowest BCUT2D eigenvalue weighted by Gasteiger charge is -2.07. The number of ether oxygens (including phenoxy) is 1. The zero-order valence-corrected chi connectivity index (χ0v) is 12.6. The van der Waals surface area contributed by atoms with Gasteiger partial charge in [0.1, 0.15) is 5.75 Å². The van der Waals surface area contributed by atoms with Crippen LogP contribution in [-0.2, 0) is 5.75 Å². The summed E-state index contributed by atoms with van der Waals surface area (Å²) in [5.74, 6) is 2.09. The van der Waals surface area contributed by atoms with E-state index in [4.69, 9.17) is 4.74 Å². The summed E-state index contributed by atoms with van der Waals surface area (Å²) >= 11 is 1.85. The Hall–Kier alpha value is -0.630. The Morgan fingerprint density at radius 2 is 1.61 bits per heavy atom. The van der Waals surface area contributed by atoms with Crippen LogP contribution in [0, 0.1) is 0 Å². The molecule has 1 aromatic carbocycles. The van der Waals surface area contributed by atoms with Gasteiger partial charge in [-0.1, -0.05) is 51.2 Å². The third-order valence-electron chi connectivity index (χ3n) is 3.00. The number of rotatable bonds is 10. The van der Waals surface area contributed by atoms with Crippen LogP contribution in [0.4, 0.5) is 0 Å². The Kier molecular flexibility index (Phi) is 8.83. The Labute approximate surface area is 116 Å². The van der Waals surface area contributed by atoms with Gasteiger partial charge in [-0.2, -0.15) is 11.8 Å². The molecule has 1 nitrogen and oxygen atoms in total. The van der Waals surface area contributed by atoms with Gasteiger partial charge in [0.15, 0.2) is 0 Å². The van der Waals surface area contributed by atoms with Crippen LogP contribution in [0.1, 0.15) is 51.0 Å². The van der Waals surface area contributed by atoms with Gasteiger partial charge in [-0.25, -0.2) is 0 Å². The number of hydrogen-bond acceptors (Lipinski definition) is 2. The summed E-state index contributed by atoms with van der Waals surface area (Å²) in [6, 6.07) is 8.49. The van der Waals surface area contributed by atoms with E-state index in [2.05, 4.69) is 37.4 Å². The minimum Gasteiger partial charge on any atom is -0.494 e. The molecule has 1 rings (SSSR count). The first-order valence-corrected chi connectivity index (χ1v) is 8.47. The molecule has 1 aromatic rings. The maximum absolute atomic E-state index is 5.74. The molecular formula is C16H26OS. The standard InChI is InChI=1S/C16H26OS/c1-3-4-5-6-7-8-13-17-16-11-9-15(10-12-16)14-18-2/h9-12H,3-8,13-14H2,1-2H3. The van der Waals surface area contributed by atoms with E-state index >= 15 is 0 Å². The average molecular weight is 266 g/mol. The molecule has 102 valence electrons. The van der Waals surface area contributed by atoms with Crippen molar-refractivity contribution in [1.29, 1.82) is 0 Å². The highest BCUT2D eigenvalue weighted by Crippen LogP contribution is 2.16. The second-order valence-corrected chi connectivity index (χ2v) is 5.56. The Balaban J connectivity index is 2.08. The Morgan fingerprint density at radius 1 is 0.944 bits per heavy atom. The monoisotopic (exact) mass is 266 g/mol. The van der Waals surface area contributed by atoms with Crippen molar-refractivity contribution < 1.29 is 4.74 Å². The predicted molar refractivity (Wildman–Crippen MR) is 82.5 cm³/mol. The van der Waals surface area contributed by atoms with Crippen molar-refractivity contribution in [2.75, 3.05) is 12.9 Å². The Bertz CT molecular complexity index is 294. The summed E-state index contributed by atoms with van der Waals surface area (Å²) in [5, 5.41) is 0.